The van der Waals surface area contributed by atoms with Gasteiger partial charge in [-0.05, 0) is 78.2 Å². The number of nitrogens with one attached hydrogen (secondary N) is 2. The molecular formula is C21H40N4. The highest BCUT2D eigenvalue weighted by molar-refractivity contribution is 5.01. The van der Waals surface area contributed by atoms with Crippen molar-refractivity contribution in [3.05, 3.63) is 0 Å². The Labute approximate surface area is 155 Å². The Balaban J connectivity index is 1.32. The summed E-state index contributed by atoms with van der Waals surface area (Å²) in [6.45, 7) is 16.1. The van der Waals surface area contributed by atoms with Gasteiger partial charge in [-0.3, -0.25) is 9.80 Å². The highest BCUT2D eigenvalue weighted by Gasteiger charge is 2.43. The van der Waals surface area contributed by atoms with Crippen molar-refractivity contribution in [3.8, 4) is 0 Å². The van der Waals surface area contributed by atoms with Gasteiger partial charge in [0.2, 0.25) is 0 Å². The minimum absolute atomic E-state index is 0.319. The van der Waals surface area contributed by atoms with E-state index in [2.05, 4.69) is 48.1 Å². The van der Waals surface area contributed by atoms with E-state index in [0.29, 0.717) is 17.6 Å². The summed E-state index contributed by atoms with van der Waals surface area (Å²) in [6, 6.07) is 2.90. The molecule has 25 heavy (non-hydrogen) atoms. The van der Waals surface area contributed by atoms with Crippen molar-refractivity contribution in [2.75, 3.05) is 32.7 Å². The summed E-state index contributed by atoms with van der Waals surface area (Å²) in [4.78, 5) is 5.47. The number of rotatable bonds is 4. The second kappa shape index (κ2) is 7.10. The fraction of sp³-hybridized carbons (Fsp3) is 1.00. The molecule has 5 atom stereocenters. The van der Waals surface area contributed by atoms with Gasteiger partial charge >= 0.3 is 0 Å². The van der Waals surface area contributed by atoms with Gasteiger partial charge < -0.3 is 10.6 Å². The normalized spacial score (nSPS) is 40.4. The minimum atomic E-state index is 0.319. The third kappa shape index (κ3) is 3.78. The monoisotopic (exact) mass is 348 g/mol. The summed E-state index contributed by atoms with van der Waals surface area (Å²) < 4.78 is 0. The van der Waals surface area contributed by atoms with Gasteiger partial charge in [-0.1, -0.05) is 0 Å². The highest BCUT2D eigenvalue weighted by Crippen LogP contribution is 2.35. The van der Waals surface area contributed by atoms with Crippen LogP contribution in [-0.4, -0.2) is 72.2 Å². The summed E-state index contributed by atoms with van der Waals surface area (Å²) in [5.74, 6) is 1.78. The Morgan fingerprint density at radius 1 is 0.960 bits per heavy atom. The molecular weight excluding hydrogens is 308 g/mol. The molecule has 0 bridgehead atoms. The fourth-order valence-corrected chi connectivity index (χ4v) is 6.04. The molecule has 1 unspecified atom stereocenters. The fourth-order valence-electron chi connectivity index (χ4n) is 6.04. The van der Waals surface area contributed by atoms with Crippen LogP contribution in [0.25, 0.3) is 0 Å². The maximum atomic E-state index is 4.06. The van der Waals surface area contributed by atoms with Crippen LogP contribution >= 0.6 is 0 Å². The SMILES string of the molecule is CC(C)N1C[C@@H]2CCC(CC(C)(C)N3C[C@@H]4CCCN[C@@H]4C3)N[C@H]2C1. The van der Waals surface area contributed by atoms with E-state index in [0.717, 1.165) is 23.9 Å². The molecule has 4 heteroatoms. The van der Waals surface area contributed by atoms with E-state index in [1.807, 2.05) is 0 Å². The zero-order chi connectivity index (χ0) is 17.6. The molecule has 144 valence electrons. The molecule has 0 aromatic carbocycles. The summed E-state index contributed by atoms with van der Waals surface area (Å²) in [7, 11) is 0. The van der Waals surface area contributed by atoms with Crippen molar-refractivity contribution in [2.45, 2.75) is 89.5 Å². The Kier molecular flexibility index (Phi) is 5.18. The average Bonchev–Trinajstić information content (AvgIpc) is 3.18. The molecule has 2 N–H and O–H groups in total. The zero-order valence-corrected chi connectivity index (χ0v) is 16.9. The van der Waals surface area contributed by atoms with Gasteiger partial charge in [0, 0.05) is 55.9 Å². The number of hydrogen-bond donors (Lipinski definition) is 2. The van der Waals surface area contributed by atoms with Gasteiger partial charge in [0.25, 0.3) is 0 Å². The molecule has 4 fully saturated rings. The smallest absolute Gasteiger partial charge is 0.0238 e. The van der Waals surface area contributed by atoms with E-state index in [-0.39, 0.29) is 0 Å². The first-order chi connectivity index (χ1) is 11.9. The average molecular weight is 349 g/mol. The number of fused-ring (bicyclic) bond motifs is 2. The van der Waals surface area contributed by atoms with Crippen LogP contribution in [0.5, 0.6) is 0 Å². The van der Waals surface area contributed by atoms with E-state index in [1.165, 1.54) is 64.8 Å². The molecule has 0 amide bonds. The van der Waals surface area contributed by atoms with Crippen LogP contribution in [0.2, 0.25) is 0 Å². The lowest BCUT2D eigenvalue weighted by Gasteiger charge is -2.42. The number of nitrogens with zero attached hydrogens (tertiary/aromatic N) is 2. The Hall–Kier alpha value is -0.160. The topological polar surface area (TPSA) is 30.5 Å². The number of likely N-dealkylation sites (tertiary alicyclic amines) is 2. The van der Waals surface area contributed by atoms with Crippen LogP contribution < -0.4 is 10.6 Å². The van der Waals surface area contributed by atoms with Crippen LogP contribution in [0.1, 0.15) is 59.8 Å². The van der Waals surface area contributed by atoms with Crippen LogP contribution in [0.4, 0.5) is 0 Å². The van der Waals surface area contributed by atoms with E-state index in [9.17, 15) is 0 Å². The molecule has 0 aromatic rings. The standard InChI is InChI=1S/C21H40N4/c1-15(2)24-11-17-7-8-18(23-20(17)13-24)10-21(3,4)25-12-16-6-5-9-22-19(16)14-25/h15-20,22-23H,5-14H2,1-4H3/t16-,17-,18?,19+,20-/m0/s1. The lowest BCUT2D eigenvalue weighted by atomic mass is 9.84. The maximum absolute atomic E-state index is 4.06. The van der Waals surface area contributed by atoms with Gasteiger partial charge in [0.05, 0.1) is 0 Å². The molecule has 0 aliphatic carbocycles. The third-order valence-corrected chi connectivity index (χ3v) is 7.74. The van der Waals surface area contributed by atoms with Crippen molar-refractivity contribution in [1.29, 1.82) is 0 Å². The lowest BCUT2D eigenvalue weighted by Crippen LogP contribution is -2.53. The van der Waals surface area contributed by atoms with Crippen LogP contribution in [0, 0.1) is 11.8 Å². The van der Waals surface area contributed by atoms with E-state index in [4.69, 9.17) is 0 Å². The van der Waals surface area contributed by atoms with Crippen LogP contribution in [0.15, 0.2) is 0 Å². The van der Waals surface area contributed by atoms with Gasteiger partial charge in [-0.15, -0.1) is 0 Å². The predicted molar refractivity (Wildman–Crippen MR) is 105 cm³/mol. The van der Waals surface area contributed by atoms with E-state index < -0.39 is 0 Å². The van der Waals surface area contributed by atoms with Crippen molar-refractivity contribution in [1.82, 2.24) is 20.4 Å². The highest BCUT2D eigenvalue weighted by atomic mass is 15.3. The van der Waals surface area contributed by atoms with Gasteiger partial charge in [-0.25, -0.2) is 0 Å². The van der Waals surface area contributed by atoms with Crippen molar-refractivity contribution in [2.24, 2.45) is 11.8 Å². The molecule has 4 rings (SSSR count). The molecule has 0 saturated carbocycles. The van der Waals surface area contributed by atoms with Crippen LogP contribution in [0.3, 0.4) is 0 Å². The third-order valence-electron chi connectivity index (χ3n) is 7.74. The summed E-state index contributed by atoms with van der Waals surface area (Å²) in [6.07, 6.45) is 6.90. The van der Waals surface area contributed by atoms with Crippen molar-refractivity contribution < 1.29 is 0 Å². The lowest BCUT2D eigenvalue weighted by molar-refractivity contribution is 0.109. The van der Waals surface area contributed by atoms with Gasteiger partial charge in [-0.2, -0.15) is 0 Å². The summed E-state index contributed by atoms with van der Waals surface area (Å²) in [5.41, 5.74) is 0.319. The predicted octanol–water partition coefficient (Wildman–Crippen LogP) is 2.30. The molecule has 0 radical (unpaired) electrons. The molecule has 0 aromatic heterocycles. The zero-order valence-electron chi connectivity index (χ0n) is 16.9. The van der Waals surface area contributed by atoms with Gasteiger partial charge in [0.15, 0.2) is 0 Å². The van der Waals surface area contributed by atoms with E-state index >= 15 is 0 Å². The Morgan fingerprint density at radius 3 is 2.52 bits per heavy atom. The number of piperidine rings is 2. The van der Waals surface area contributed by atoms with E-state index in [1.54, 1.807) is 0 Å². The minimum Gasteiger partial charge on any atom is -0.312 e. The Bertz CT molecular complexity index is 449. The molecule has 4 aliphatic heterocycles. The molecule has 0 spiro atoms. The molecule has 4 heterocycles. The van der Waals surface area contributed by atoms with Crippen molar-refractivity contribution >= 4 is 0 Å². The van der Waals surface area contributed by atoms with Gasteiger partial charge in [0.1, 0.15) is 0 Å². The number of hydrogen-bond acceptors (Lipinski definition) is 4. The molecule has 4 nitrogen and oxygen atoms in total. The molecule has 4 saturated heterocycles. The first-order valence-corrected chi connectivity index (χ1v) is 10.9. The first kappa shape index (κ1) is 18.2. The van der Waals surface area contributed by atoms with Crippen LogP contribution in [-0.2, 0) is 0 Å². The summed E-state index contributed by atoms with van der Waals surface area (Å²) >= 11 is 0. The quantitative estimate of drug-likeness (QED) is 0.816. The largest absolute Gasteiger partial charge is 0.312 e. The maximum Gasteiger partial charge on any atom is 0.0238 e. The van der Waals surface area contributed by atoms with Crippen molar-refractivity contribution in [3.63, 3.8) is 0 Å². The summed E-state index contributed by atoms with van der Waals surface area (Å²) in [5, 5.41) is 7.83. The molecule has 4 aliphatic rings. The first-order valence-electron chi connectivity index (χ1n) is 10.9. The second-order valence-electron chi connectivity index (χ2n) is 10.2. The Morgan fingerprint density at radius 2 is 1.76 bits per heavy atom. The second-order valence-corrected chi connectivity index (χ2v) is 10.2.